The molecule has 0 saturated heterocycles. The molecule has 0 aliphatic heterocycles. The maximum Gasteiger partial charge on any atom is 0.416 e. The maximum atomic E-state index is 12.8. The number of hydrogen-bond donors (Lipinski definition) is 1. The maximum absolute atomic E-state index is 12.8. The molecule has 4 nitrogen and oxygen atoms in total. The molecule has 0 amide bonds. The van der Waals surface area contributed by atoms with Crippen molar-refractivity contribution in [1.29, 1.82) is 0 Å². The molecule has 0 atom stereocenters. The number of pyridine rings is 1. The van der Waals surface area contributed by atoms with Gasteiger partial charge in [-0.1, -0.05) is 6.07 Å². The van der Waals surface area contributed by atoms with Gasteiger partial charge in [-0.05, 0) is 18.2 Å². The van der Waals surface area contributed by atoms with Gasteiger partial charge in [0.15, 0.2) is 11.5 Å². The van der Waals surface area contributed by atoms with E-state index in [1.807, 2.05) is 0 Å². The number of rotatable bonds is 3. The highest BCUT2D eigenvalue weighted by atomic mass is 19.4. The molecule has 2 aromatic rings. The summed E-state index contributed by atoms with van der Waals surface area (Å²) in [5.41, 5.74) is -1.55. The molecular formula is C14H12F3NO3. The average Bonchev–Trinajstić information content (AvgIpc) is 2.44. The molecule has 0 spiro atoms. The Balaban J connectivity index is 2.68. The molecule has 112 valence electrons. The largest absolute Gasteiger partial charge is 0.493 e. The molecule has 1 aromatic carbocycles. The summed E-state index contributed by atoms with van der Waals surface area (Å²) >= 11 is 0. The lowest BCUT2D eigenvalue weighted by molar-refractivity contribution is -0.137. The van der Waals surface area contributed by atoms with Crippen LogP contribution in [0, 0.1) is 0 Å². The highest BCUT2D eigenvalue weighted by Crippen LogP contribution is 2.38. The third-order valence-corrected chi connectivity index (χ3v) is 2.86. The lowest BCUT2D eigenvalue weighted by Gasteiger charge is -2.13. The number of methoxy groups -OCH3 is 2. The Kier molecular flexibility index (Phi) is 3.93. The number of para-hydroxylation sites is 1. The van der Waals surface area contributed by atoms with Gasteiger partial charge < -0.3 is 14.5 Å². The van der Waals surface area contributed by atoms with E-state index < -0.39 is 17.3 Å². The van der Waals surface area contributed by atoms with Gasteiger partial charge in [0.05, 0.1) is 25.5 Å². The van der Waals surface area contributed by atoms with E-state index in [1.165, 1.54) is 20.3 Å². The number of halogens is 3. The second-order valence-corrected chi connectivity index (χ2v) is 4.19. The van der Waals surface area contributed by atoms with Crippen molar-refractivity contribution in [2.75, 3.05) is 14.2 Å². The first-order valence-corrected chi connectivity index (χ1v) is 5.89. The Morgan fingerprint density at radius 2 is 1.81 bits per heavy atom. The summed E-state index contributed by atoms with van der Waals surface area (Å²) in [6, 6.07) is 6.10. The van der Waals surface area contributed by atoms with Crippen LogP contribution in [-0.4, -0.2) is 19.2 Å². The second kappa shape index (κ2) is 5.51. The molecule has 0 saturated carbocycles. The summed E-state index contributed by atoms with van der Waals surface area (Å²) < 4.78 is 48.6. The van der Waals surface area contributed by atoms with Gasteiger partial charge in [-0.2, -0.15) is 13.2 Å². The zero-order valence-electron chi connectivity index (χ0n) is 11.2. The van der Waals surface area contributed by atoms with Crippen molar-refractivity contribution in [1.82, 2.24) is 4.98 Å². The quantitative estimate of drug-likeness (QED) is 0.947. The summed E-state index contributed by atoms with van der Waals surface area (Å²) in [6.07, 6.45) is -4.60. The summed E-state index contributed by atoms with van der Waals surface area (Å²) in [5.74, 6) is 0.600. The van der Waals surface area contributed by atoms with E-state index in [9.17, 15) is 18.0 Å². The molecule has 0 unspecified atom stereocenters. The fourth-order valence-corrected chi connectivity index (χ4v) is 1.95. The first-order valence-electron chi connectivity index (χ1n) is 5.89. The number of hydrogen-bond acceptors (Lipinski definition) is 3. The van der Waals surface area contributed by atoms with Crippen molar-refractivity contribution < 1.29 is 22.6 Å². The fraction of sp³-hybridized carbons (Fsp3) is 0.214. The van der Waals surface area contributed by atoms with E-state index in [0.29, 0.717) is 17.4 Å². The van der Waals surface area contributed by atoms with E-state index in [2.05, 4.69) is 4.98 Å². The van der Waals surface area contributed by atoms with Crippen LogP contribution in [0.3, 0.4) is 0 Å². The molecule has 0 aliphatic rings. The zero-order chi connectivity index (χ0) is 15.6. The van der Waals surface area contributed by atoms with Crippen LogP contribution in [0.25, 0.3) is 11.3 Å². The normalized spacial score (nSPS) is 11.3. The van der Waals surface area contributed by atoms with Crippen molar-refractivity contribution in [3.8, 4) is 22.8 Å². The van der Waals surface area contributed by atoms with Crippen molar-refractivity contribution in [3.63, 3.8) is 0 Å². The molecule has 21 heavy (non-hydrogen) atoms. The lowest BCUT2D eigenvalue weighted by Crippen LogP contribution is -2.14. The van der Waals surface area contributed by atoms with Gasteiger partial charge >= 0.3 is 6.18 Å². The molecule has 0 fully saturated rings. The number of H-pyrrole nitrogens is 1. The minimum Gasteiger partial charge on any atom is -0.493 e. The molecule has 0 bridgehead atoms. The highest BCUT2D eigenvalue weighted by molar-refractivity contribution is 5.71. The van der Waals surface area contributed by atoms with Crippen molar-refractivity contribution in [2.24, 2.45) is 0 Å². The Bertz CT molecular complexity index is 707. The topological polar surface area (TPSA) is 51.3 Å². The van der Waals surface area contributed by atoms with Crippen molar-refractivity contribution in [3.05, 3.63) is 46.2 Å². The van der Waals surface area contributed by atoms with E-state index in [4.69, 9.17) is 9.47 Å². The molecule has 0 aliphatic carbocycles. The van der Waals surface area contributed by atoms with Crippen LogP contribution in [0.4, 0.5) is 13.2 Å². The number of nitrogens with one attached hydrogen (secondary N) is 1. The minimum absolute atomic E-state index is 0.00516. The van der Waals surface area contributed by atoms with Crippen LogP contribution in [0.15, 0.2) is 35.1 Å². The third kappa shape index (κ3) is 3.01. The Labute approximate surface area is 118 Å². The number of benzene rings is 1. The van der Waals surface area contributed by atoms with Gasteiger partial charge in [-0.15, -0.1) is 0 Å². The summed E-state index contributed by atoms with van der Waals surface area (Å²) in [5, 5.41) is 0. The average molecular weight is 299 g/mol. The van der Waals surface area contributed by atoms with Crippen LogP contribution in [-0.2, 0) is 6.18 Å². The van der Waals surface area contributed by atoms with Gasteiger partial charge in [-0.25, -0.2) is 0 Å². The minimum atomic E-state index is -4.60. The standard InChI is InChI=1S/C14H12F3NO3/c1-20-11-5-3-4-9(13(11)21-2)10-6-8(14(15,16)17)7-12(19)18-10/h3-7H,1-2H3,(H,18,19). The van der Waals surface area contributed by atoms with Gasteiger partial charge in [0.25, 0.3) is 0 Å². The van der Waals surface area contributed by atoms with E-state index >= 15 is 0 Å². The SMILES string of the molecule is COc1cccc(-c2cc(C(F)(F)F)cc(=O)[nH]2)c1OC. The number of alkyl halides is 3. The molecule has 2 rings (SSSR count). The molecule has 0 radical (unpaired) electrons. The number of aromatic nitrogens is 1. The van der Waals surface area contributed by atoms with Crippen molar-refractivity contribution in [2.45, 2.75) is 6.18 Å². The number of ether oxygens (including phenoxy) is 2. The van der Waals surface area contributed by atoms with E-state index in [-0.39, 0.29) is 11.4 Å². The number of aromatic amines is 1. The summed E-state index contributed by atoms with van der Waals surface area (Å²) in [4.78, 5) is 13.8. The van der Waals surface area contributed by atoms with E-state index in [1.54, 1.807) is 12.1 Å². The summed E-state index contributed by atoms with van der Waals surface area (Å²) in [7, 11) is 2.78. The van der Waals surface area contributed by atoms with Crippen LogP contribution in [0.5, 0.6) is 11.5 Å². The van der Waals surface area contributed by atoms with Gasteiger partial charge in [0, 0.05) is 11.6 Å². The molecular weight excluding hydrogens is 287 g/mol. The predicted octanol–water partition coefficient (Wildman–Crippen LogP) is 3.08. The Morgan fingerprint density at radius 1 is 1.10 bits per heavy atom. The van der Waals surface area contributed by atoms with Gasteiger partial charge in [-0.3, -0.25) is 4.79 Å². The Morgan fingerprint density at radius 3 is 2.38 bits per heavy atom. The van der Waals surface area contributed by atoms with Crippen LogP contribution >= 0.6 is 0 Å². The predicted molar refractivity (Wildman–Crippen MR) is 70.6 cm³/mol. The van der Waals surface area contributed by atoms with Crippen LogP contribution in [0.1, 0.15) is 5.56 Å². The van der Waals surface area contributed by atoms with Gasteiger partial charge in [0.2, 0.25) is 5.56 Å². The summed E-state index contributed by atoms with van der Waals surface area (Å²) in [6.45, 7) is 0. The third-order valence-electron chi connectivity index (χ3n) is 2.86. The molecule has 7 heteroatoms. The molecule has 1 heterocycles. The lowest BCUT2D eigenvalue weighted by atomic mass is 10.1. The van der Waals surface area contributed by atoms with E-state index in [0.717, 1.165) is 6.07 Å². The monoisotopic (exact) mass is 299 g/mol. The van der Waals surface area contributed by atoms with Crippen LogP contribution in [0.2, 0.25) is 0 Å². The second-order valence-electron chi connectivity index (χ2n) is 4.19. The first-order chi connectivity index (χ1) is 9.86. The molecule has 1 N–H and O–H groups in total. The first kappa shape index (κ1) is 15.0. The zero-order valence-corrected chi connectivity index (χ0v) is 11.2. The highest BCUT2D eigenvalue weighted by Gasteiger charge is 2.31. The van der Waals surface area contributed by atoms with Gasteiger partial charge in [0.1, 0.15) is 0 Å². The molecule has 1 aromatic heterocycles. The van der Waals surface area contributed by atoms with Crippen LogP contribution < -0.4 is 15.0 Å². The Hall–Kier alpha value is -2.44. The van der Waals surface area contributed by atoms with Crippen molar-refractivity contribution >= 4 is 0 Å². The fourth-order valence-electron chi connectivity index (χ4n) is 1.95. The smallest absolute Gasteiger partial charge is 0.416 e.